The minimum atomic E-state index is -0.324. The van der Waals surface area contributed by atoms with Crippen LogP contribution in [0.5, 0.6) is 0 Å². The van der Waals surface area contributed by atoms with E-state index in [1.54, 1.807) is 16.7 Å². The molecule has 3 N–H and O–H groups in total. The van der Waals surface area contributed by atoms with E-state index in [2.05, 4.69) is 5.32 Å². The molecule has 8 heteroatoms. The van der Waals surface area contributed by atoms with Crippen molar-refractivity contribution in [2.24, 2.45) is 0 Å². The van der Waals surface area contributed by atoms with Gasteiger partial charge in [0.1, 0.15) is 16.9 Å². The van der Waals surface area contributed by atoms with Crippen molar-refractivity contribution in [1.82, 2.24) is 19.9 Å². The van der Waals surface area contributed by atoms with Gasteiger partial charge < -0.3 is 15.6 Å². The molecule has 0 saturated heterocycles. The Morgan fingerprint density at radius 2 is 1.58 bits per heavy atom. The van der Waals surface area contributed by atoms with Crippen molar-refractivity contribution in [2.45, 2.75) is 13.1 Å². The van der Waals surface area contributed by atoms with Crippen LogP contribution in [0.15, 0.2) is 72.8 Å². The molecule has 2 heterocycles. The maximum absolute atomic E-state index is 13.3. The van der Waals surface area contributed by atoms with Gasteiger partial charge in [-0.05, 0) is 41.5 Å². The smallest absolute Gasteiger partial charge is 0.257 e. The number of para-hydroxylation sites is 2. The summed E-state index contributed by atoms with van der Waals surface area (Å²) in [5.41, 5.74) is 11.0. The molecule has 2 aromatic heterocycles. The lowest BCUT2D eigenvalue weighted by Crippen LogP contribution is -2.24. The summed E-state index contributed by atoms with van der Waals surface area (Å²) in [4.78, 5) is 22.8. The zero-order chi connectivity index (χ0) is 22.9. The number of amides is 1. The zero-order valence-corrected chi connectivity index (χ0v) is 18.9. The quantitative estimate of drug-likeness (QED) is 0.353. The average molecular weight is 476 g/mol. The number of hydrogen-bond donors (Lipinski definition) is 2. The highest BCUT2D eigenvalue weighted by atomic mass is 35.5. The number of nitrogen functional groups attached to an aromatic ring is 1. The Bertz CT molecular complexity index is 1490. The third-order valence-corrected chi connectivity index (χ3v) is 6.09. The largest absolute Gasteiger partial charge is 0.384 e. The van der Waals surface area contributed by atoms with Crippen LogP contribution in [-0.4, -0.2) is 20.4 Å². The molecule has 0 unspecified atom stereocenters. The molecule has 0 fully saturated rings. The summed E-state index contributed by atoms with van der Waals surface area (Å²) < 4.78 is 1.78. The predicted octanol–water partition coefficient (Wildman–Crippen LogP) is 5.45. The minimum Gasteiger partial charge on any atom is -0.384 e. The number of hydrogen-bond acceptors (Lipinski definition) is 4. The first-order valence-corrected chi connectivity index (χ1v) is 11.1. The molecule has 5 aromatic rings. The Morgan fingerprint density at radius 3 is 2.30 bits per heavy atom. The maximum Gasteiger partial charge on any atom is 0.257 e. The Labute approximate surface area is 200 Å². The third-order valence-electron chi connectivity index (χ3n) is 5.47. The predicted molar refractivity (Wildman–Crippen MR) is 133 cm³/mol. The van der Waals surface area contributed by atoms with Gasteiger partial charge in [-0.1, -0.05) is 65.7 Å². The van der Waals surface area contributed by atoms with E-state index < -0.39 is 0 Å². The average Bonchev–Trinajstić information content (AvgIpc) is 3.08. The number of carbonyl (C=O) groups is 1. The molecular weight excluding hydrogens is 457 g/mol. The first-order valence-electron chi connectivity index (χ1n) is 10.3. The molecule has 0 atom stereocenters. The van der Waals surface area contributed by atoms with E-state index in [0.717, 1.165) is 16.6 Å². The van der Waals surface area contributed by atoms with Gasteiger partial charge in [0, 0.05) is 16.6 Å². The second kappa shape index (κ2) is 8.73. The van der Waals surface area contributed by atoms with Gasteiger partial charge >= 0.3 is 0 Å². The summed E-state index contributed by atoms with van der Waals surface area (Å²) in [6.45, 7) is 0.688. The Morgan fingerprint density at radius 1 is 0.909 bits per heavy atom. The maximum atomic E-state index is 13.3. The number of nitrogens with two attached hydrogens (primary N) is 1. The van der Waals surface area contributed by atoms with Crippen LogP contribution in [0.2, 0.25) is 10.0 Å². The standard InChI is InChI=1S/C25H19Cl2N5O/c26-17-11-9-15(10-12-17)13-29-25(33)21-22-24(31-20-8-4-3-7-19(20)30-22)32(23(21)28)14-16-5-1-2-6-18(16)27/h1-12H,13-14,28H2,(H,29,33). The second-order valence-corrected chi connectivity index (χ2v) is 8.48. The van der Waals surface area contributed by atoms with Crippen LogP contribution in [0.4, 0.5) is 5.82 Å². The van der Waals surface area contributed by atoms with E-state index in [9.17, 15) is 4.79 Å². The van der Waals surface area contributed by atoms with Crippen molar-refractivity contribution in [3.05, 3.63) is 99.5 Å². The molecule has 0 aliphatic rings. The van der Waals surface area contributed by atoms with Gasteiger partial charge in [-0.2, -0.15) is 0 Å². The number of halogens is 2. The summed E-state index contributed by atoms with van der Waals surface area (Å²) >= 11 is 12.3. The van der Waals surface area contributed by atoms with Crippen LogP contribution in [0.3, 0.4) is 0 Å². The summed E-state index contributed by atoms with van der Waals surface area (Å²) in [5.74, 6) is -0.0382. The van der Waals surface area contributed by atoms with Crippen LogP contribution in [0.25, 0.3) is 22.2 Å². The molecular formula is C25H19Cl2N5O. The van der Waals surface area contributed by atoms with E-state index in [1.807, 2.05) is 60.7 Å². The van der Waals surface area contributed by atoms with Crippen molar-refractivity contribution in [3.63, 3.8) is 0 Å². The first kappa shape index (κ1) is 21.2. The van der Waals surface area contributed by atoms with E-state index in [4.69, 9.17) is 38.9 Å². The lowest BCUT2D eigenvalue weighted by molar-refractivity contribution is 0.0953. The fourth-order valence-electron chi connectivity index (χ4n) is 3.77. The molecule has 0 saturated carbocycles. The van der Waals surface area contributed by atoms with Crippen molar-refractivity contribution >= 4 is 57.1 Å². The Balaban J connectivity index is 1.60. The van der Waals surface area contributed by atoms with Gasteiger partial charge in [-0.25, -0.2) is 9.97 Å². The number of carbonyl (C=O) groups excluding carboxylic acids is 1. The molecule has 0 bridgehead atoms. The van der Waals surface area contributed by atoms with E-state index in [1.165, 1.54) is 0 Å². The molecule has 0 spiro atoms. The molecule has 33 heavy (non-hydrogen) atoms. The number of nitrogens with one attached hydrogen (secondary N) is 1. The normalized spacial score (nSPS) is 11.2. The molecule has 164 valence electrons. The van der Waals surface area contributed by atoms with E-state index >= 15 is 0 Å². The number of rotatable bonds is 5. The second-order valence-electron chi connectivity index (χ2n) is 7.63. The monoisotopic (exact) mass is 475 g/mol. The van der Waals surface area contributed by atoms with Crippen LogP contribution in [0, 0.1) is 0 Å². The highest BCUT2D eigenvalue weighted by Crippen LogP contribution is 2.30. The Hall–Kier alpha value is -3.61. The van der Waals surface area contributed by atoms with Crippen molar-refractivity contribution in [2.75, 3.05) is 5.73 Å². The van der Waals surface area contributed by atoms with E-state index in [0.29, 0.717) is 45.4 Å². The van der Waals surface area contributed by atoms with Crippen molar-refractivity contribution < 1.29 is 4.79 Å². The minimum absolute atomic E-state index is 0.286. The highest BCUT2D eigenvalue weighted by molar-refractivity contribution is 6.31. The number of benzene rings is 3. The zero-order valence-electron chi connectivity index (χ0n) is 17.4. The van der Waals surface area contributed by atoms with Crippen LogP contribution >= 0.6 is 23.2 Å². The van der Waals surface area contributed by atoms with Gasteiger partial charge in [0.2, 0.25) is 0 Å². The van der Waals surface area contributed by atoms with Gasteiger partial charge in [-0.3, -0.25) is 4.79 Å². The third kappa shape index (κ3) is 4.11. The van der Waals surface area contributed by atoms with Crippen LogP contribution in [-0.2, 0) is 13.1 Å². The van der Waals surface area contributed by atoms with Crippen molar-refractivity contribution in [3.8, 4) is 0 Å². The first-order chi connectivity index (χ1) is 16.0. The molecule has 0 aliphatic heterocycles. The van der Waals surface area contributed by atoms with Gasteiger partial charge in [0.05, 0.1) is 17.6 Å². The molecule has 3 aromatic carbocycles. The number of aromatic nitrogens is 3. The number of nitrogens with zero attached hydrogens (tertiary/aromatic N) is 3. The fraction of sp³-hybridized carbons (Fsp3) is 0.0800. The SMILES string of the molecule is Nc1c(C(=O)NCc2ccc(Cl)cc2)c2nc3ccccc3nc2n1Cc1ccccc1Cl. The topological polar surface area (TPSA) is 85.8 Å². The summed E-state index contributed by atoms with van der Waals surface area (Å²) in [6, 6.07) is 22.3. The van der Waals surface area contributed by atoms with Crippen molar-refractivity contribution in [1.29, 1.82) is 0 Å². The van der Waals surface area contributed by atoms with Crippen LogP contribution in [0.1, 0.15) is 21.5 Å². The molecule has 1 amide bonds. The Kier molecular flexibility index (Phi) is 5.62. The van der Waals surface area contributed by atoms with Gasteiger partial charge in [0.25, 0.3) is 5.91 Å². The summed E-state index contributed by atoms with van der Waals surface area (Å²) in [6.07, 6.45) is 0. The molecule has 0 radical (unpaired) electrons. The van der Waals surface area contributed by atoms with Gasteiger partial charge in [0.15, 0.2) is 5.65 Å². The van der Waals surface area contributed by atoms with E-state index in [-0.39, 0.29) is 11.7 Å². The highest BCUT2D eigenvalue weighted by Gasteiger charge is 2.24. The summed E-state index contributed by atoms with van der Waals surface area (Å²) in [5, 5.41) is 4.19. The van der Waals surface area contributed by atoms with Gasteiger partial charge in [-0.15, -0.1) is 0 Å². The molecule has 0 aliphatic carbocycles. The number of anilines is 1. The number of fused-ring (bicyclic) bond motifs is 2. The lowest BCUT2D eigenvalue weighted by atomic mass is 10.2. The summed E-state index contributed by atoms with van der Waals surface area (Å²) in [7, 11) is 0. The lowest BCUT2D eigenvalue weighted by Gasteiger charge is -2.10. The molecule has 6 nitrogen and oxygen atoms in total. The van der Waals surface area contributed by atoms with Crippen LogP contribution < -0.4 is 11.1 Å². The fourth-order valence-corrected chi connectivity index (χ4v) is 4.09. The molecule has 5 rings (SSSR count).